The van der Waals surface area contributed by atoms with Crippen molar-refractivity contribution in [3.8, 4) is 28.5 Å². The SMILES string of the molecule is FC(F)(F)Oc1ccc(-c2cccc(-c3ncc4ccccc4n3)n2)cc1. The van der Waals surface area contributed by atoms with E-state index in [1.54, 1.807) is 24.4 Å². The molecule has 0 amide bonds. The van der Waals surface area contributed by atoms with Crippen molar-refractivity contribution in [1.82, 2.24) is 15.0 Å². The number of hydrogen-bond acceptors (Lipinski definition) is 4. The first-order valence-corrected chi connectivity index (χ1v) is 8.03. The number of aromatic nitrogens is 3. The van der Waals surface area contributed by atoms with Gasteiger partial charge in [0.15, 0.2) is 5.82 Å². The molecule has 0 saturated carbocycles. The van der Waals surface area contributed by atoms with E-state index in [1.165, 1.54) is 24.3 Å². The van der Waals surface area contributed by atoms with Crippen LogP contribution in [0.4, 0.5) is 13.2 Å². The molecule has 0 atom stereocenters. The molecule has 2 heterocycles. The van der Waals surface area contributed by atoms with Gasteiger partial charge in [0.1, 0.15) is 11.4 Å². The summed E-state index contributed by atoms with van der Waals surface area (Å²) in [4.78, 5) is 13.4. The number of fused-ring (bicyclic) bond motifs is 1. The Kier molecular flexibility index (Phi) is 4.19. The molecule has 0 aliphatic carbocycles. The summed E-state index contributed by atoms with van der Waals surface area (Å²) in [6.07, 6.45) is -2.98. The number of pyridine rings is 1. The maximum Gasteiger partial charge on any atom is 0.573 e. The Bertz CT molecular complexity index is 1100. The van der Waals surface area contributed by atoms with Crippen molar-refractivity contribution in [2.45, 2.75) is 6.36 Å². The van der Waals surface area contributed by atoms with Crippen LogP contribution in [-0.2, 0) is 0 Å². The first-order valence-electron chi connectivity index (χ1n) is 8.03. The van der Waals surface area contributed by atoms with Crippen molar-refractivity contribution in [3.63, 3.8) is 0 Å². The minimum Gasteiger partial charge on any atom is -0.406 e. The van der Waals surface area contributed by atoms with E-state index in [9.17, 15) is 13.2 Å². The largest absolute Gasteiger partial charge is 0.573 e. The molecular formula is C20H12F3N3O. The summed E-state index contributed by atoms with van der Waals surface area (Å²) in [5, 5.41) is 0.928. The lowest BCUT2D eigenvalue weighted by atomic mass is 10.1. The van der Waals surface area contributed by atoms with Crippen molar-refractivity contribution in [3.05, 3.63) is 72.9 Å². The highest BCUT2D eigenvalue weighted by Gasteiger charge is 2.30. The van der Waals surface area contributed by atoms with Gasteiger partial charge in [-0.25, -0.2) is 15.0 Å². The number of halogens is 3. The van der Waals surface area contributed by atoms with Crippen LogP contribution in [0.25, 0.3) is 33.7 Å². The minimum absolute atomic E-state index is 0.278. The van der Waals surface area contributed by atoms with Gasteiger partial charge in [-0.05, 0) is 42.5 Å². The molecule has 4 rings (SSSR count). The highest BCUT2D eigenvalue weighted by molar-refractivity contribution is 5.79. The smallest absolute Gasteiger partial charge is 0.406 e. The Morgan fingerprint density at radius 1 is 0.741 bits per heavy atom. The molecule has 0 radical (unpaired) electrons. The van der Waals surface area contributed by atoms with Crippen LogP contribution in [0, 0.1) is 0 Å². The van der Waals surface area contributed by atoms with Crippen LogP contribution in [0.2, 0.25) is 0 Å². The Labute approximate surface area is 152 Å². The van der Waals surface area contributed by atoms with E-state index in [-0.39, 0.29) is 5.75 Å². The summed E-state index contributed by atoms with van der Waals surface area (Å²) < 4.78 is 40.7. The van der Waals surface area contributed by atoms with Crippen molar-refractivity contribution in [2.24, 2.45) is 0 Å². The molecule has 0 N–H and O–H groups in total. The average Bonchev–Trinajstić information content (AvgIpc) is 2.67. The molecule has 2 aromatic carbocycles. The van der Waals surface area contributed by atoms with Crippen LogP contribution in [0.1, 0.15) is 0 Å². The third-order valence-corrected chi connectivity index (χ3v) is 3.85. The first kappa shape index (κ1) is 17.0. The molecule has 4 nitrogen and oxygen atoms in total. The van der Waals surface area contributed by atoms with Gasteiger partial charge in [-0.3, -0.25) is 0 Å². The quantitative estimate of drug-likeness (QED) is 0.496. The zero-order chi connectivity index (χ0) is 18.9. The van der Waals surface area contributed by atoms with E-state index in [1.807, 2.05) is 24.3 Å². The lowest BCUT2D eigenvalue weighted by Crippen LogP contribution is -2.16. The van der Waals surface area contributed by atoms with Gasteiger partial charge >= 0.3 is 6.36 Å². The molecule has 0 aliphatic rings. The fraction of sp³-hybridized carbons (Fsp3) is 0.0500. The van der Waals surface area contributed by atoms with E-state index in [0.717, 1.165) is 10.9 Å². The van der Waals surface area contributed by atoms with E-state index < -0.39 is 6.36 Å². The Morgan fingerprint density at radius 2 is 1.48 bits per heavy atom. The lowest BCUT2D eigenvalue weighted by molar-refractivity contribution is -0.274. The normalized spacial score (nSPS) is 11.5. The third-order valence-electron chi connectivity index (χ3n) is 3.85. The number of hydrogen-bond donors (Lipinski definition) is 0. The van der Waals surface area contributed by atoms with Gasteiger partial charge in [-0.2, -0.15) is 0 Å². The molecule has 0 spiro atoms. The Hall–Kier alpha value is -3.48. The number of alkyl halides is 3. The highest BCUT2D eigenvalue weighted by atomic mass is 19.4. The van der Waals surface area contributed by atoms with Crippen LogP contribution in [0.15, 0.2) is 72.9 Å². The van der Waals surface area contributed by atoms with Gasteiger partial charge in [0.05, 0.1) is 11.2 Å². The van der Waals surface area contributed by atoms with Crippen molar-refractivity contribution in [2.75, 3.05) is 0 Å². The molecule has 7 heteroatoms. The maximum absolute atomic E-state index is 12.3. The summed E-state index contributed by atoms with van der Waals surface area (Å²) in [6.45, 7) is 0. The van der Waals surface area contributed by atoms with Crippen molar-refractivity contribution < 1.29 is 17.9 Å². The van der Waals surface area contributed by atoms with Gasteiger partial charge in [-0.15, -0.1) is 13.2 Å². The number of nitrogens with zero attached hydrogens (tertiary/aromatic N) is 3. The second kappa shape index (κ2) is 6.68. The number of para-hydroxylation sites is 1. The van der Waals surface area contributed by atoms with Crippen LogP contribution < -0.4 is 4.74 Å². The zero-order valence-corrected chi connectivity index (χ0v) is 13.8. The van der Waals surface area contributed by atoms with E-state index >= 15 is 0 Å². The monoisotopic (exact) mass is 367 g/mol. The summed E-state index contributed by atoms with van der Waals surface area (Å²) in [5.74, 6) is 0.202. The van der Waals surface area contributed by atoms with E-state index in [0.29, 0.717) is 22.8 Å². The summed E-state index contributed by atoms with van der Waals surface area (Å²) in [6, 6.07) is 18.5. The summed E-state index contributed by atoms with van der Waals surface area (Å²) in [7, 11) is 0. The molecule has 27 heavy (non-hydrogen) atoms. The maximum atomic E-state index is 12.3. The second-order valence-electron chi connectivity index (χ2n) is 5.73. The average molecular weight is 367 g/mol. The van der Waals surface area contributed by atoms with Gasteiger partial charge in [0, 0.05) is 17.1 Å². The van der Waals surface area contributed by atoms with Crippen molar-refractivity contribution in [1.29, 1.82) is 0 Å². The topological polar surface area (TPSA) is 47.9 Å². The molecule has 0 saturated heterocycles. The van der Waals surface area contributed by atoms with Gasteiger partial charge in [-0.1, -0.05) is 24.3 Å². The van der Waals surface area contributed by atoms with Crippen LogP contribution in [0.5, 0.6) is 5.75 Å². The molecular weight excluding hydrogens is 355 g/mol. The second-order valence-corrected chi connectivity index (χ2v) is 5.73. The van der Waals surface area contributed by atoms with E-state index in [2.05, 4.69) is 19.7 Å². The highest BCUT2D eigenvalue weighted by Crippen LogP contribution is 2.27. The fourth-order valence-corrected chi connectivity index (χ4v) is 2.64. The number of ether oxygens (including phenoxy) is 1. The van der Waals surface area contributed by atoms with Gasteiger partial charge in [0.25, 0.3) is 0 Å². The zero-order valence-electron chi connectivity index (χ0n) is 13.8. The molecule has 2 aromatic heterocycles. The molecule has 0 unspecified atom stereocenters. The molecule has 0 bridgehead atoms. The van der Waals surface area contributed by atoms with Gasteiger partial charge in [0.2, 0.25) is 0 Å². The molecule has 0 fully saturated rings. The standard InChI is InChI=1S/C20H12F3N3O/c21-20(22,23)27-15-10-8-13(9-11-15)16-6-3-7-18(25-16)19-24-12-14-4-1-2-5-17(14)26-19/h1-12H. The molecule has 4 aromatic rings. The molecule has 0 aliphatic heterocycles. The Morgan fingerprint density at radius 3 is 2.26 bits per heavy atom. The first-order chi connectivity index (χ1) is 13.0. The number of rotatable bonds is 3. The number of benzene rings is 2. The predicted octanol–water partition coefficient (Wildman–Crippen LogP) is 5.26. The molecule has 134 valence electrons. The van der Waals surface area contributed by atoms with E-state index in [4.69, 9.17) is 0 Å². The van der Waals surface area contributed by atoms with Crippen LogP contribution in [-0.4, -0.2) is 21.3 Å². The van der Waals surface area contributed by atoms with Gasteiger partial charge < -0.3 is 4.74 Å². The fourth-order valence-electron chi connectivity index (χ4n) is 2.64. The van der Waals surface area contributed by atoms with Crippen molar-refractivity contribution >= 4 is 10.9 Å². The van der Waals surface area contributed by atoms with Crippen LogP contribution >= 0.6 is 0 Å². The third kappa shape index (κ3) is 3.87. The summed E-state index contributed by atoms with van der Waals surface area (Å²) >= 11 is 0. The minimum atomic E-state index is -4.72. The van der Waals surface area contributed by atoms with Crippen LogP contribution in [0.3, 0.4) is 0 Å². The summed E-state index contributed by atoms with van der Waals surface area (Å²) in [5.41, 5.74) is 2.65. The predicted molar refractivity (Wildman–Crippen MR) is 94.9 cm³/mol. The Balaban J connectivity index is 1.65. The lowest BCUT2D eigenvalue weighted by Gasteiger charge is -2.09.